The first-order valence-corrected chi connectivity index (χ1v) is 8.11. The molecule has 1 spiro atoms. The molecule has 8 nitrogen and oxygen atoms in total. The molecule has 0 bridgehead atoms. The lowest BCUT2D eigenvalue weighted by Crippen LogP contribution is -2.50. The largest absolute Gasteiger partial charge is 0.480 e. The van der Waals surface area contributed by atoms with Gasteiger partial charge in [-0.15, -0.1) is 0 Å². The molecule has 1 aliphatic carbocycles. The van der Waals surface area contributed by atoms with Crippen LogP contribution in [0.1, 0.15) is 44.9 Å². The number of likely N-dealkylation sites (tertiary alicyclic amines) is 1. The molecular formula is C15H21N3O5. The van der Waals surface area contributed by atoms with E-state index in [1.165, 1.54) is 4.90 Å². The summed E-state index contributed by atoms with van der Waals surface area (Å²) in [7, 11) is 0. The Morgan fingerprint density at radius 1 is 1.17 bits per heavy atom. The summed E-state index contributed by atoms with van der Waals surface area (Å²) < 4.78 is 0. The molecule has 23 heavy (non-hydrogen) atoms. The fraction of sp³-hybridized carbons (Fsp3) is 0.733. The second-order valence-electron chi connectivity index (χ2n) is 6.55. The number of rotatable bonds is 3. The average molecular weight is 323 g/mol. The first-order chi connectivity index (χ1) is 10.9. The maximum atomic E-state index is 12.6. The van der Waals surface area contributed by atoms with E-state index in [0.29, 0.717) is 32.2 Å². The Morgan fingerprint density at radius 3 is 2.52 bits per heavy atom. The van der Waals surface area contributed by atoms with Crippen LogP contribution < -0.4 is 5.32 Å². The molecule has 2 N–H and O–H groups in total. The van der Waals surface area contributed by atoms with E-state index in [2.05, 4.69) is 5.32 Å². The van der Waals surface area contributed by atoms with Crippen molar-refractivity contribution < 1.29 is 24.3 Å². The van der Waals surface area contributed by atoms with Crippen molar-refractivity contribution in [2.75, 3.05) is 13.1 Å². The standard InChI is InChI=1S/C15H21N3O5/c19-11(17-8-4-5-10(17)12(20)21)9-18-13(22)15(16-14(18)23)6-2-1-3-7-15/h10H,1-9H2,(H,16,23)(H,20,21)/t10-/m0/s1. The number of carboxylic acid groups (broad SMARTS) is 1. The SMILES string of the molecule is O=C(O)[C@@H]1CCCN1C(=O)CN1C(=O)NC2(CCCCC2)C1=O. The molecule has 8 heteroatoms. The molecule has 0 aromatic heterocycles. The zero-order valence-electron chi connectivity index (χ0n) is 12.9. The van der Waals surface area contributed by atoms with Crippen LogP contribution in [0.15, 0.2) is 0 Å². The summed E-state index contributed by atoms with van der Waals surface area (Å²) in [6, 6.07) is -1.40. The fourth-order valence-electron chi connectivity index (χ4n) is 3.86. The summed E-state index contributed by atoms with van der Waals surface area (Å²) in [6.45, 7) is -0.0270. The Balaban J connectivity index is 1.70. The predicted octanol–water partition coefficient (Wildman–Crippen LogP) is 0.317. The number of imide groups is 1. The molecule has 3 aliphatic rings. The van der Waals surface area contributed by atoms with Gasteiger partial charge in [0, 0.05) is 6.54 Å². The fourth-order valence-corrected chi connectivity index (χ4v) is 3.86. The third kappa shape index (κ3) is 2.66. The summed E-state index contributed by atoms with van der Waals surface area (Å²) >= 11 is 0. The number of nitrogens with one attached hydrogen (secondary N) is 1. The highest BCUT2D eigenvalue weighted by molar-refractivity contribution is 6.09. The van der Waals surface area contributed by atoms with Crippen molar-refractivity contribution in [1.82, 2.24) is 15.1 Å². The smallest absolute Gasteiger partial charge is 0.326 e. The number of amides is 4. The summed E-state index contributed by atoms with van der Waals surface area (Å²) in [4.78, 5) is 50.5. The quantitative estimate of drug-likeness (QED) is 0.727. The van der Waals surface area contributed by atoms with Crippen molar-refractivity contribution in [3.8, 4) is 0 Å². The van der Waals surface area contributed by atoms with Crippen LogP contribution >= 0.6 is 0 Å². The van der Waals surface area contributed by atoms with Crippen molar-refractivity contribution in [2.24, 2.45) is 0 Å². The van der Waals surface area contributed by atoms with Crippen molar-refractivity contribution in [2.45, 2.75) is 56.5 Å². The molecule has 0 radical (unpaired) electrons. The Hall–Kier alpha value is -2.12. The van der Waals surface area contributed by atoms with Gasteiger partial charge in [0.1, 0.15) is 18.1 Å². The van der Waals surface area contributed by atoms with E-state index in [4.69, 9.17) is 5.11 Å². The Labute approximate surface area is 133 Å². The first-order valence-electron chi connectivity index (χ1n) is 8.11. The maximum Gasteiger partial charge on any atom is 0.326 e. The second-order valence-corrected chi connectivity index (χ2v) is 6.55. The summed E-state index contributed by atoms with van der Waals surface area (Å²) in [5.74, 6) is -1.87. The van der Waals surface area contributed by atoms with Gasteiger partial charge in [0.15, 0.2) is 0 Å². The van der Waals surface area contributed by atoms with Crippen LogP contribution in [0.2, 0.25) is 0 Å². The van der Waals surface area contributed by atoms with E-state index in [1.54, 1.807) is 0 Å². The van der Waals surface area contributed by atoms with E-state index in [0.717, 1.165) is 24.2 Å². The minimum atomic E-state index is -1.04. The van der Waals surface area contributed by atoms with Crippen molar-refractivity contribution >= 4 is 23.8 Å². The van der Waals surface area contributed by atoms with Crippen LogP contribution in [0.4, 0.5) is 4.79 Å². The number of carbonyl (C=O) groups excluding carboxylic acids is 3. The molecule has 4 amide bonds. The number of hydrogen-bond acceptors (Lipinski definition) is 4. The van der Waals surface area contributed by atoms with Gasteiger partial charge in [-0.05, 0) is 25.7 Å². The number of urea groups is 1. The summed E-state index contributed by atoms with van der Waals surface area (Å²) in [5.41, 5.74) is -0.854. The van der Waals surface area contributed by atoms with Crippen LogP contribution in [0.5, 0.6) is 0 Å². The normalized spacial score (nSPS) is 26.7. The molecule has 1 atom stereocenters. The third-order valence-corrected chi connectivity index (χ3v) is 5.10. The Morgan fingerprint density at radius 2 is 1.87 bits per heavy atom. The summed E-state index contributed by atoms with van der Waals surface area (Å²) in [6.07, 6.45) is 5.02. The summed E-state index contributed by atoms with van der Waals surface area (Å²) in [5, 5.41) is 11.9. The van der Waals surface area contributed by atoms with Crippen LogP contribution in [0.25, 0.3) is 0 Å². The minimum Gasteiger partial charge on any atom is -0.480 e. The zero-order valence-corrected chi connectivity index (χ0v) is 12.9. The zero-order chi connectivity index (χ0) is 16.6. The molecule has 1 saturated carbocycles. The lowest BCUT2D eigenvalue weighted by atomic mass is 9.82. The molecule has 3 rings (SSSR count). The van der Waals surface area contributed by atoms with E-state index >= 15 is 0 Å². The highest BCUT2D eigenvalue weighted by Crippen LogP contribution is 2.33. The number of carbonyl (C=O) groups is 4. The number of hydrogen-bond donors (Lipinski definition) is 2. The number of nitrogens with zero attached hydrogens (tertiary/aromatic N) is 2. The van der Waals surface area contributed by atoms with Crippen LogP contribution in [0.3, 0.4) is 0 Å². The van der Waals surface area contributed by atoms with Gasteiger partial charge < -0.3 is 15.3 Å². The van der Waals surface area contributed by atoms with Gasteiger partial charge in [0.2, 0.25) is 5.91 Å². The van der Waals surface area contributed by atoms with Gasteiger partial charge in [0.05, 0.1) is 0 Å². The molecule has 2 aliphatic heterocycles. The minimum absolute atomic E-state index is 0.346. The van der Waals surface area contributed by atoms with E-state index < -0.39 is 29.5 Å². The molecular weight excluding hydrogens is 302 g/mol. The molecule has 2 saturated heterocycles. The van der Waals surface area contributed by atoms with Gasteiger partial charge >= 0.3 is 12.0 Å². The lowest BCUT2D eigenvalue weighted by Gasteiger charge is -2.30. The van der Waals surface area contributed by atoms with Crippen molar-refractivity contribution in [1.29, 1.82) is 0 Å². The van der Waals surface area contributed by atoms with Crippen LogP contribution in [-0.2, 0) is 14.4 Å². The maximum absolute atomic E-state index is 12.6. The first kappa shape index (κ1) is 15.8. The Kier molecular flexibility index (Phi) is 3.99. The second kappa shape index (κ2) is 5.82. The average Bonchev–Trinajstić information content (AvgIpc) is 3.09. The molecule has 0 unspecified atom stereocenters. The topological polar surface area (TPSA) is 107 Å². The van der Waals surface area contributed by atoms with E-state index in [9.17, 15) is 19.2 Å². The van der Waals surface area contributed by atoms with Crippen molar-refractivity contribution in [3.05, 3.63) is 0 Å². The molecule has 0 aromatic rings. The highest BCUT2D eigenvalue weighted by atomic mass is 16.4. The number of aliphatic carboxylic acids is 1. The Bertz CT molecular complexity index is 555. The molecule has 3 fully saturated rings. The molecule has 2 heterocycles. The lowest BCUT2D eigenvalue weighted by molar-refractivity contribution is -0.149. The molecule has 126 valence electrons. The molecule has 0 aromatic carbocycles. The van der Waals surface area contributed by atoms with Gasteiger partial charge in [-0.2, -0.15) is 0 Å². The van der Waals surface area contributed by atoms with Gasteiger partial charge in [-0.25, -0.2) is 9.59 Å². The van der Waals surface area contributed by atoms with Crippen LogP contribution in [-0.4, -0.2) is 63.4 Å². The van der Waals surface area contributed by atoms with E-state index in [-0.39, 0.29) is 12.5 Å². The monoisotopic (exact) mass is 323 g/mol. The third-order valence-electron chi connectivity index (χ3n) is 5.10. The van der Waals surface area contributed by atoms with E-state index in [1.807, 2.05) is 0 Å². The van der Waals surface area contributed by atoms with Gasteiger partial charge in [0.25, 0.3) is 5.91 Å². The van der Waals surface area contributed by atoms with Gasteiger partial charge in [-0.1, -0.05) is 19.3 Å². The highest BCUT2D eigenvalue weighted by Gasteiger charge is 2.52. The predicted molar refractivity (Wildman–Crippen MR) is 78.4 cm³/mol. The van der Waals surface area contributed by atoms with Crippen LogP contribution in [0, 0.1) is 0 Å². The van der Waals surface area contributed by atoms with Gasteiger partial charge in [-0.3, -0.25) is 14.5 Å². The van der Waals surface area contributed by atoms with Crippen molar-refractivity contribution in [3.63, 3.8) is 0 Å². The number of carboxylic acids is 1.